The van der Waals surface area contributed by atoms with Crippen molar-refractivity contribution >= 4 is 27.3 Å². The van der Waals surface area contributed by atoms with Gasteiger partial charge in [-0.3, -0.25) is 4.79 Å². The minimum Gasteiger partial charge on any atom is -0.370 e. The summed E-state index contributed by atoms with van der Waals surface area (Å²) in [4.78, 5) is 16.1. The summed E-state index contributed by atoms with van der Waals surface area (Å²) in [7, 11) is -3.61. The second-order valence-electron chi connectivity index (χ2n) is 7.97. The third-order valence-corrected chi connectivity index (χ3v) is 7.90. The number of carbonyl (C=O) groups is 1. The van der Waals surface area contributed by atoms with Crippen LogP contribution < -0.4 is 9.80 Å². The van der Waals surface area contributed by atoms with Gasteiger partial charge in [0.05, 0.1) is 16.5 Å². The molecule has 0 saturated carbocycles. The van der Waals surface area contributed by atoms with Gasteiger partial charge >= 0.3 is 0 Å². The molecule has 0 radical (unpaired) electrons. The molecular weight excluding hydrogens is 412 g/mol. The molecule has 1 saturated heterocycles. The van der Waals surface area contributed by atoms with Gasteiger partial charge in [-0.05, 0) is 67.3 Å². The van der Waals surface area contributed by atoms with Crippen LogP contribution in [0.15, 0.2) is 47.4 Å². The highest BCUT2D eigenvalue weighted by Crippen LogP contribution is 2.31. The average molecular weight is 439 g/mol. The number of sulfonamides is 1. The summed E-state index contributed by atoms with van der Waals surface area (Å²) in [5.74, 6) is -0.0213. The Morgan fingerprint density at radius 1 is 0.968 bits per heavy atom. The summed E-state index contributed by atoms with van der Waals surface area (Å²) < 4.78 is 28.3. The second kappa shape index (κ2) is 8.69. The molecule has 0 N–H and O–H groups in total. The van der Waals surface area contributed by atoms with E-state index < -0.39 is 10.0 Å². The summed E-state index contributed by atoms with van der Waals surface area (Å²) in [5.41, 5.74) is 3.34. The monoisotopic (exact) mass is 438 g/mol. The largest absolute Gasteiger partial charge is 0.370 e. The molecule has 2 aliphatic heterocycles. The molecule has 31 heavy (non-hydrogen) atoms. The molecule has 2 aromatic carbocycles. The number of hydrogen-bond donors (Lipinski definition) is 0. The van der Waals surface area contributed by atoms with Crippen LogP contribution in [-0.2, 0) is 21.2 Å². The van der Waals surface area contributed by atoms with Crippen LogP contribution in [-0.4, -0.2) is 51.4 Å². The van der Waals surface area contributed by atoms with Gasteiger partial charge in [-0.15, -0.1) is 0 Å². The minimum atomic E-state index is -3.61. The first-order valence-corrected chi connectivity index (χ1v) is 12.0. The molecular formula is C23H26N4O3S. The Morgan fingerprint density at radius 3 is 2.45 bits per heavy atom. The van der Waals surface area contributed by atoms with E-state index in [4.69, 9.17) is 5.26 Å². The Bertz CT molecular complexity index is 1120. The predicted molar refractivity (Wildman–Crippen MR) is 120 cm³/mol. The first-order chi connectivity index (χ1) is 14.9. The normalized spacial score (nSPS) is 17.5. The van der Waals surface area contributed by atoms with Crippen LogP contribution in [0.2, 0.25) is 0 Å². The standard InChI is InChI=1S/C23H26N4O3S/c1-18(28)27-13-2-4-20-16-22(9-10-23(20)27)31(29,30)26-12-3-11-25(14-15-26)21-7-5-19(17-24)6-8-21/h5-10,16H,2-4,11-15H2,1H3. The molecule has 1 fully saturated rings. The SMILES string of the molecule is CC(=O)N1CCCc2cc(S(=O)(=O)N3CCCN(c4ccc(C#N)cc4)CC3)ccc21. The van der Waals surface area contributed by atoms with Gasteiger partial charge in [0.1, 0.15) is 0 Å². The summed E-state index contributed by atoms with van der Waals surface area (Å²) in [6, 6.07) is 14.6. The zero-order chi connectivity index (χ0) is 22.0. The molecule has 2 aromatic rings. The number of nitrogens with zero attached hydrogens (tertiary/aromatic N) is 4. The third kappa shape index (κ3) is 4.29. The van der Waals surface area contributed by atoms with E-state index >= 15 is 0 Å². The fourth-order valence-electron chi connectivity index (χ4n) is 4.35. The van der Waals surface area contributed by atoms with Crippen LogP contribution in [0.5, 0.6) is 0 Å². The minimum absolute atomic E-state index is 0.0213. The van der Waals surface area contributed by atoms with Gasteiger partial charge in [-0.1, -0.05) is 0 Å². The maximum Gasteiger partial charge on any atom is 0.243 e. The topological polar surface area (TPSA) is 84.7 Å². The lowest BCUT2D eigenvalue weighted by Crippen LogP contribution is -2.36. The van der Waals surface area contributed by atoms with Crippen LogP contribution >= 0.6 is 0 Å². The van der Waals surface area contributed by atoms with Gasteiger partial charge in [0.25, 0.3) is 0 Å². The van der Waals surface area contributed by atoms with E-state index in [-0.39, 0.29) is 5.91 Å². The summed E-state index contributed by atoms with van der Waals surface area (Å²) in [5, 5.41) is 8.98. The molecule has 0 bridgehead atoms. The second-order valence-corrected chi connectivity index (χ2v) is 9.91. The van der Waals surface area contributed by atoms with E-state index in [1.165, 1.54) is 6.92 Å². The Balaban J connectivity index is 1.52. The number of rotatable bonds is 3. The maximum absolute atomic E-state index is 13.4. The molecule has 0 spiro atoms. The smallest absolute Gasteiger partial charge is 0.243 e. The van der Waals surface area contributed by atoms with E-state index in [2.05, 4.69) is 11.0 Å². The Labute approximate surface area is 183 Å². The van der Waals surface area contributed by atoms with Crippen molar-refractivity contribution in [3.8, 4) is 6.07 Å². The highest BCUT2D eigenvalue weighted by atomic mass is 32.2. The van der Waals surface area contributed by atoms with Crippen molar-refractivity contribution in [2.24, 2.45) is 0 Å². The zero-order valence-electron chi connectivity index (χ0n) is 17.6. The van der Waals surface area contributed by atoms with E-state index in [1.807, 2.05) is 12.1 Å². The predicted octanol–water partition coefficient (Wildman–Crippen LogP) is 2.76. The molecule has 8 heteroatoms. The van der Waals surface area contributed by atoms with Crippen LogP contribution in [0.1, 0.15) is 30.9 Å². The molecule has 1 amide bonds. The molecule has 2 aliphatic rings. The summed E-state index contributed by atoms with van der Waals surface area (Å²) in [6.07, 6.45) is 2.33. The fraction of sp³-hybridized carbons (Fsp3) is 0.391. The Hall–Kier alpha value is -2.89. The lowest BCUT2D eigenvalue weighted by Gasteiger charge is -2.29. The first kappa shape index (κ1) is 21.3. The van der Waals surface area contributed by atoms with Crippen LogP contribution in [0.25, 0.3) is 0 Å². The highest BCUT2D eigenvalue weighted by molar-refractivity contribution is 7.89. The number of fused-ring (bicyclic) bond motifs is 1. The number of nitriles is 1. The van der Waals surface area contributed by atoms with Crippen molar-refractivity contribution < 1.29 is 13.2 Å². The molecule has 4 rings (SSSR count). The van der Waals surface area contributed by atoms with E-state index in [9.17, 15) is 13.2 Å². The average Bonchev–Trinajstić information content (AvgIpc) is 3.05. The van der Waals surface area contributed by atoms with Crippen molar-refractivity contribution in [3.05, 3.63) is 53.6 Å². The summed E-state index contributed by atoms with van der Waals surface area (Å²) >= 11 is 0. The molecule has 2 heterocycles. The van der Waals surface area contributed by atoms with Gasteiger partial charge < -0.3 is 9.80 Å². The fourth-order valence-corrected chi connectivity index (χ4v) is 5.87. The van der Waals surface area contributed by atoms with E-state index in [1.54, 1.807) is 39.5 Å². The van der Waals surface area contributed by atoms with Gasteiger partial charge in [0.2, 0.25) is 15.9 Å². The van der Waals surface area contributed by atoms with Crippen molar-refractivity contribution in [3.63, 3.8) is 0 Å². The molecule has 0 aliphatic carbocycles. The lowest BCUT2D eigenvalue weighted by atomic mass is 10.0. The number of anilines is 2. The Morgan fingerprint density at radius 2 is 1.74 bits per heavy atom. The zero-order valence-corrected chi connectivity index (χ0v) is 18.4. The maximum atomic E-state index is 13.4. The van der Waals surface area contributed by atoms with Crippen LogP contribution in [0, 0.1) is 11.3 Å². The Kier molecular flexibility index (Phi) is 5.99. The lowest BCUT2D eigenvalue weighted by molar-refractivity contribution is -0.116. The van der Waals surface area contributed by atoms with E-state index in [0.717, 1.165) is 42.7 Å². The quantitative estimate of drug-likeness (QED) is 0.736. The number of hydrogen-bond acceptors (Lipinski definition) is 5. The van der Waals surface area contributed by atoms with Crippen molar-refractivity contribution in [2.45, 2.75) is 31.1 Å². The van der Waals surface area contributed by atoms with E-state index in [0.29, 0.717) is 36.6 Å². The highest BCUT2D eigenvalue weighted by Gasteiger charge is 2.29. The summed E-state index contributed by atoms with van der Waals surface area (Å²) in [6.45, 7) is 4.43. The van der Waals surface area contributed by atoms with Gasteiger partial charge in [0, 0.05) is 51.0 Å². The molecule has 162 valence electrons. The molecule has 0 aromatic heterocycles. The molecule has 0 unspecified atom stereocenters. The molecule has 0 atom stereocenters. The van der Waals surface area contributed by atoms with Gasteiger partial charge in [-0.2, -0.15) is 9.57 Å². The van der Waals surface area contributed by atoms with Crippen molar-refractivity contribution in [1.29, 1.82) is 5.26 Å². The van der Waals surface area contributed by atoms with Crippen LogP contribution in [0.4, 0.5) is 11.4 Å². The number of benzene rings is 2. The molecule has 7 nitrogen and oxygen atoms in total. The number of carbonyl (C=O) groups excluding carboxylic acids is 1. The van der Waals surface area contributed by atoms with Gasteiger partial charge in [-0.25, -0.2) is 8.42 Å². The third-order valence-electron chi connectivity index (χ3n) is 6.00. The van der Waals surface area contributed by atoms with Crippen LogP contribution in [0.3, 0.4) is 0 Å². The first-order valence-electron chi connectivity index (χ1n) is 10.6. The van der Waals surface area contributed by atoms with Gasteiger partial charge in [0.15, 0.2) is 0 Å². The van der Waals surface area contributed by atoms with Crippen molar-refractivity contribution in [2.75, 3.05) is 42.5 Å². The number of aryl methyl sites for hydroxylation is 1. The van der Waals surface area contributed by atoms with Crippen molar-refractivity contribution in [1.82, 2.24) is 4.31 Å². The number of amides is 1.